The van der Waals surface area contributed by atoms with E-state index in [1.807, 2.05) is 26.2 Å². The van der Waals surface area contributed by atoms with E-state index in [1.54, 1.807) is 17.0 Å². The van der Waals surface area contributed by atoms with Crippen LogP contribution in [0, 0.1) is 5.82 Å². The van der Waals surface area contributed by atoms with Crippen molar-refractivity contribution >= 4 is 28.8 Å². The molecule has 3 aromatic carbocycles. The number of halogens is 1. The van der Waals surface area contributed by atoms with Crippen molar-refractivity contribution in [2.24, 2.45) is 10.7 Å². The standard InChI is InChI=1S/C26H27FN4O/c1-30(2)26-16-20-15-19(7-14-24(20)29-26)4-3-18-5-10-22(11-6-18)31(17-25(28)32)23-12-8-21(27)9-13-23/h5-15H,3-4,16-17H2,1-2H3,(H2,28,32). The van der Waals surface area contributed by atoms with E-state index in [0.29, 0.717) is 0 Å². The second kappa shape index (κ2) is 9.22. The Bertz CT molecular complexity index is 1140. The molecule has 3 aromatic rings. The summed E-state index contributed by atoms with van der Waals surface area (Å²) in [5.74, 6) is 0.324. The van der Waals surface area contributed by atoms with Gasteiger partial charge in [-0.3, -0.25) is 4.79 Å². The maximum atomic E-state index is 13.3. The van der Waals surface area contributed by atoms with E-state index in [9.17, 15) is 9.18 Å². The molecule has 0 bridgehead atoms. The van der Waals surface area contributed by atoms with E-state index in [0.717, 1.165) is 42.2 Å². The Labute approximate surface area is 188 Å². The number of carbonyl (C=O) groups is 1. The summed E-state index contributed by atoms with van der Waals surface area (Å²) in [6.07, 6.45) is 2.73. The van der Waals surface area contributed by atoms with Crippen molar-refractivity contribution in [1.29, 1.82) is 0 Å². The molecule has 0 spiro atoms. The second-order valence-electron chi connectivity index (χ2n) is 8.26. The first-order valence-electron chi connectivity index (χ1n) is 10.7. The molecular formula is C26H27FN4O. The summed E-state index contributed by atoms with van der Waals surface area (Å²) >= 11 is 0. The number of nitrogens with zero attached hydrogens (tertiary/aromatic N) is 3. The first kappa shape index (κ1) is 21.6. The average Bonchev–Trinajstić information content (AvgIpc) is 3.21. The summed E-state index contributed by atoms with van der Waals surface area (Å²) in [4.78, 5) is 20.1. The molecule has 32 heavy (non-hydrogen) atoms. The number of aryl methyl sites for hydroxylation is 2. The molecule has 1 amide bonds. The van der Waals surface area contributed by atoms with Gasteiger partial charge in [-0.15, -0.1) is 0 Å². The van der Waals surface area contributed by atoms with Crippen LogP contribution in [0.3, 0.4) is 0 Å². The van der Waals surface area contributed by atoms with Crippen LogP contribution in [0.25, 0.3) is 0 Å². The van der Waals surface area contributed by atoms with Gasteiger partial charge >= 0.3 is 0 Å². The minimum absolute atomic E-state index is 0.0249. The van der Waals surface area contributed by atoms with Crippen molar-refractivity contribution in [3.05, 3.63) is 89.2 Å². The molecule has 0 saturated heterocycles. The van der Waals surface area contributed by atoms with Crippen LogP contribution in [0.15, 0.2) is 71.7 Å². The number of anilines is 2. The van der Waals surface area contributed by atoms with Gasteiger partial charge in [0.15, 0.2) is 0 Å². The van der Waals surface area contributed by atoms with E-state index in [2.05, 4.69) is 40.2 Å². The highest BCUT2D eigenvalue weighted by Gasteiger charge is 2.16. The Morgan fingerprint density at radius 1 is 0.938 bits per heavy atom. The number of likely N-dealkylation sites (N-methyl/N-ethyl adjacent to an activating group) is 1. The Morgan fingerprint density at radius 2 is 1.53 bits per heavy atom. The zero-order chi connectivity index (χ0) is 22.7. The minimum atomic E-state index is -0.448. The summed E-state index contributed by atoms with van der Waals surface area (Å²) < 4.78 is 13.3. The number of carbonyl (C=O) groups excluding carboxylic acids is 1. The minimum Gasteiger partial charge on any atom is -0.368 e. The number of hydrogen-bond donors (Lipinski definition) is 1. The Kier molecular flexibility index (Phi) is 6.21. The normalized spacial score (nSPS) is 12.3. The van der Waals surface area contributed by atoms with E-state index in [1.165, 1.54) is 28.8 Å². The summed E-state index contributed by atoms with van der Waals surface area (Å²) in [7, 11) is 4.05. The molecule has 0 radical (unpaired) electrons. The summed E-state index contributed by atoms with van der Waals surface area (Å²) in [5.41, 5.74) is 11.8. The third-order valence-corrected chi connectivity index (χ3v) is 5.66. The van der Waals surface area contributed by atoms with Gasteiger partial charge in [-0.2, -0.15) is 0 Å². The zero-order valence-electron chi connectivity index (χ0n) is 18.4. The van der Waals surface area contributed by atoms with E-state index < -0.39 is 5.91 Å². The lowest BCUT2D eigenvalue weighted by molar-refractivity contribution is -0.116. The average molecular weight is 431 g/mol. The number of fused-ring (bicyclic) bond motifs is 1. The van der Waals surface area contributed by atoms with Crippen LogP contribution >= 0.6 is 0 Å². The van der Waals surface area contributed by atoms with Gasteiger partial charge in [0.25, 0.3) is 0 Å². The molecular weight excluding hydrogens is 403 g/mol. The smallest absolute Gasteiger partial charge is 0.237 e. The van der Waals surface area contributed by atoms with E-state index >= 15 is 0 Å². The van der Waals surface area contributed by atoms with Crippen LogP contribution in [0.2, 0.25) is 0 Å². The highest BCUT2D eigenvalue weighted by molar-refractivity contribution is 5.92. The molecule has 0 aromatic heterocycles. The van der Waals surface area contributed by atoms with Crippen molar-refractivity contribution in [3.63, 3.8) is 0 Å². The zero-order valence-corrected chi connectivity index (χ0v) is 18.4. The molecule has 2 N–H and O–H groups in total. The quantitative estimate of drug-likeness (QED) is 0.605. The largest absolute Gasteiger partial charge is 0.368 e. The van der Waals surface area contributed by atoms with Gasteiger partial charge in [0.2, 0.25) is 5.91 Å². The molecule has 4 rings (SSSR count). The molecule has 0 fully saturated rings. The van der Waals surface area contributed by atoms with Crippen molar-refractivity contribution in [1.82, 2.24) is 4.90 Å². The number of amides is 1. The predicted octanol–water partition coefficient (Wildman–Crippen LogP) is 4.38. The number of nitrogens with two attached hydrogens (primary N) is 1. The fraction of sp³-hybridized carbons (Fsp3) is 0.231. The summed E-state index contributed by atoms with van der Waals surface area (Å²) in [6.45, 7) is 0.0249. The first-order valence-corrected chi connectivity index (χ1v) is 10.7. The number of amidine groups is 1. The van der Waals surface area contributed by atoms with Gasteiger partial charge in [-0.25, -0.2) is 9.38 Å². The molecule has 0 atom stereocenters. The topological polar surface area (TPSA) is 61.9 Å². The molecule has 1 aliphatic rings. The third kappa shape index (κ3) is 4.97. The lowest BCUT2D eigenvalue weighted by atomic mass is 10.0. The molecule has 0 saturated carbocycles. The monoisotopic (exact) mass is 430 g/mol. The SMILES string of the molecule is CN(C)C1=Nc2ccc(CCc3ccc(N(CC(N)=O)c4ccc(F)cc4)cc3)cc2C1. The number of benzene rings is 3. The predicted molar refractivity (Wildman–Crippen MR) is 127 cm³/mol. The van der Waals surface area contributed by atoms with Crippen molar-refractivity contribution in [2.75, 3.05) is 25.5 Å². The van der Waals surface area contributed by atoms with Crippen LogP contribution < -0.4 is 10.6 Å². The van der Waals surface area contributed by atoms with Gasteiger partial charge in [0.1, 0.15) is 18.2 Å². The lowest BCUT2D eigenvalue weighted by Crippen LogP contribution is -2.30. The highest BCUT2D eigenvalue weighted by atomic mass is 19.1. The molecule has 0 aliphatic carbocycles. The van der Waals surface area contributed by atoms with Gasteiger partial charge in [0.05, 0.1) is 5.69 Å². The molecule has 0 unspecified atom stereocenters. The highest BCUT2D eigenvalue weighted by Crippen LogP contribution is 2.29. The molecule has 164 valence electrons. The third-order valence-electron chi connectivity index (χ3n) is 5.66. The number of aliphatic imine (C=N–C) groups is 1. The number of hydrogen-bond acceptors (Lipinski definition) is 4. The maximum absolute atomic E-state index is 13.3. The Balaban J connectivity index is 1.43. The summed E-state index contributed by atoms with van der Waals surface area (Å²) in [6, 6.07) is 20.6. The van der Waals surface area contributed by atoms with Gasteiger partial charge in [-0.05, 0) is 72.0 Å². The number of rotatable bonds is 7. The Hall–Kier alpha value is -3.67. The lowest BCUT2D eigenvalue weighted by Gasteiger charge is -2.23. The van der Waals surface area contributed by atoms with Crippen molar-refractivity contribution < 1.29 is 9.18 Å². The fourth-order valence-corrected chi connectivity index (χ4v) is 3.89. The molecule has 1 heterocycles. The second-order valence-corrected chi connectivity index (χ2v) is 8.26. The molecule has 6 heteroatoms. The van der Waals surface area contributed by atoms with E-state index in [-0.39, 0.29) is 12.4 Å². The van der Waals surface area contributed by atoms with Crippen LogP contribution in [0.1, 0.15) is 16.7 Å². The first-order chi connectivity index (χ1) is 15.4. The van der Waals surface area contributed by atoms with Gasteiger partial charge < -0.3 is 15.5 Å². The van der Waals surface area contributed by atoms with Gasteiger partial charge in [0, 0.05) is 31.9 Å². The van der Waals surface area contributed by atoms with Crippen molar-refractivity contribution in [3.8, 4) is 0 Å². The van der Waals surface area contributed by atoms with Crippen molar-refractivity contribution in [2.45, 2.75) is 19.3 Å². The van der Waals surface area contributed by atoms with Crippen LogP contribution in [-0.4, -0.2) is 37.3 Å². The molecule has 1 aliphatic heterocycles. The van der Waals surface area contributed by atoms with Crippen LogP contribution in [0.5, 0.6) is 0 Å². The Morgan fingerprint density at radius 3 is 2.16 bits per heavy atom. The van der Waals surface area contributed by atoms with Crippen LogP contribution in [-0.2, 0) is 24.1 Å². The van der Waals surface area contributed by atoms with E-state index in [4.69, 9.17) is 5.73 Å². The van der Waals surface area contributed by atoms with Gasteiger partial charge in [-0.1, -0.05) is 24.3 Å². The number of primary amides is 1. The summed E-state index contributed by atoms with van der Waals surface area (Å²) in [5, 5.41) is 0. The van der Waals surface area contributed by atoms with Crippen LogP contribution in [0.4, 0.5) is 21.5 Å². The maximum Gasteiger partial charge on any atom is 0.237 e. The molecule has 5 nitrogen and oxygen atoms in total. The fourth-order valence-electron chi connectivity index (χ4n) is 3.89.